The zero-order chi connectivity index (χ0) is 13.1. The van der Waals surface area contributed by atoms with Crippen molar-refractivity contribution in [2.24, 2.45) is 0 Å². The fourth-order valence-corrected chi connectivity index (χ4v) is 2.39. The van der Waals surface area contributed by atoms with E-state index in [4.69, 9.17) is 5.73 Å². The average molecular weight is 310 g/mol. The van der Waals surface area contributed by atoms with Crippen molar-refractivity contribution in [3.8, 4) is 0 Å². The Kier molecular flexibility index (Phi) is 3.99. The molecule has 1 atom stereocenters. The summed E-state index contributed by atoms with van der Waals surface area (Å²) >= 11 is 3.23. The molecule has 0 saturated carbocycles. The smallest absolute Gasteiger partial charge is 0.124 e. The van der Waals surface area contributed by atoms with Gasteiger partial charge in [0, 0.05) is 22.1 Å². The van der Waals surface area contributed by atoms with Gasteiger partial charge in [-0.05, 0) is 29.8 Å². The van der Waals surface area contributed by atoms with E-state index in [0.29, 0.717) is 22.1 Å². The Morgan fingerprint density at radius 3 is 2.61 bits per heavy atom. The maximum atomic E-state index is 13.2. The second kappa shape index (κ2) is 5.50. The molecule has 4 heteroatoms. The van der Waals surface area contributed by atoms with Gasteiger partial charge < -0.3 is 10.8 Å². The zero-order valence-electron chi connectivity index (χ0n) is 9.61. The van der Waals surface area contributed by atoms with E-state index < -0.39 is 6.10 Å². The summed E-state index contributed by atoms with van der Waals surface area (Å²) < 4.78 is 13.9. The van der Waals surface area contributed by atoms with Crippen LogP contribution in [0.3, 0.4) is 0 Å². The molecule has 94 valence electrons. The van der Waals surface area contributed by atoms with Crippen molar-refractivity contribution in [1.82, 2.24) is 0 Å². The molecule has 2 rings (SSSR count). The largest absolute Gasteiger partial charge is 0.398 e. The van der Waals surface area contributed by atoms with Gasteiger partial charge >= 0.3 is 0 Å². The number of benzene rings is 2. The van der Waals surface area contributed by atoms with Gasteiger partial charge in [-0.1, -0.05) is 34.1 Å². The summed E-state index contributed by atoms with van der Waals surface area (Å²) in [5.41, 5.74) is 7.72. The number of para-hydroxylation sites is 1. The molecule has 0 aliphatic rings. The molecule has 3 N–H and O–H groups in total. The maximum Gasteiger partial charge on any atom is 0.124 e. The van der Waals surface area contributed by atoms with Crippen molar-refractivity contribution < 1.29 is 9.50 Å². The van der Waals surface area contributed by atoms with Gasteiger partial charge in [0.2, 0.25) is 0 Å². The first-order valence-corrected chi connectivity index (χ1v) is 6.33. The number of aliphatic hydroxyl groups is 1. The second-order valence-electron chi connectivity index (χ2n) is 4.13. The second-order valence-corrected chi connectivity index (χ2v) is 5.04. The molecule has 0 amide bonds. The number of anilines is 1. The van der Waals surface area contributed by atoms with Crippen molar-refractivity contribution in [3.05, 3.63) is 63.9 Å². The van der Waals surface area contributed by atoms with Crippen LogP contribution in [0, 0.1) is 5.82 Å². The van der Waals surface area contributed by atoms with Crippen LogP contribution < -0.4 is 5.73 Å². The quantitative estimate of drug-likeness (QED) is 0.853. The van der Waals surface area contributed by atoms with E-state index >= 15 is 0 Å². The molecule has 0 aromatic heterocycles. The molecule has 0 fully saturated rings. The van der Waals surface area contributed by atoms with Gasteiger partial charge in [-0.2, -0.15) is 0 Å². The Labute approximate surface area is 113 Å². The highest BCUT2D eigenvalue weighted by Crippen LogP contribution is 2.25. The van der Waals surface area contributed by atoms with Crippen LogP contribution in [0.25, 0.3) is 0 Å². The first-order chi connectivity index (χ1) is 8.56. The summed E-state index contributed by atoms with van der Waals surface area (Å²) in [4.78, 5) is 0. The molecule has 0 bridgehead atoms. The molecule has 18 heavy (non-hydrogen) atoms. The molecule has 0 saturated heterocycles. The minimum atomic E-state index is -0.736. The number of hydrogen-bond donors (Lipinski definition) is 2. The van der Waals surface area contributed by atoms with E-state index in [9.17, 15) is 9.50 Å². The summed E-state index contributed by atoms with van der Waals surface area (Å²) in [5.74, 6) is -0.326. The lowest BCUT2D eigenvalue weighted by atomic mass is 10.00. The number of nitrogen functional groups attached to an aromatic ring is 1. The van der Waals surface area contributed by atoms with Gasteiger partial charge in [-0.3, -0.25) is 0 Å². The first kappa shape index (κ1) is 13.1. The SMILES string of the molecule is Nc1ccccc1C(O)Cc1cc(F)cc(Br)c1. The predicted octanol–water partition coefficient (Wildman–Crippen LogP) is 3.45. The van der Waals surface area contributed by atoms with Crippen LogP contribution in [-0.4, -0.2) is 5.11 Å². The molecule has 2 aromatic carbocycles. The van der Waals surface area contributed by atoms with Crippen molar-refractivity contribution in [2.75, 3.05) is 5.73 Å². The maximum absolute atomic E-state index is 13.2. The molecule has 2 aromatic rings. The molecule has 0 radical (unpaired) electrons. The summed E-state index contributed by atoms with van der Waals surface area (Å²) in [6, 6.07) is 11.7. The topological polar surface area (TPSA) is 46.2 Å². The highest BCUT2D eigenvalue weighted by atomic mass is 79.9. The minimum absolute atomic E-state index is 0.324. The number of halogens is 2. The van der Waals surface area contributed by atoms with Crippen molar-refractivity contribution in [3.63, 3.8) is 0 Å². The molecule has 0 aliphatic carbocycles. The summed E-state index contributed by atoms with van der Waals surface area (Å²) in [6.07, 6.45) is -0.412. The summed E-state index contributed by atoms with van der Waals surface area (Å²) in [6.45, 7) is 0. The zero-order valence-corrected chi connectivity index (χ0v) is 11.2. The van der Waals surface area contributed by atoms with E-state index in [2.05, 4.69) is 15.9 Å². The standard InChI is InChI=1S/C14H13BrFNO/c15-10-5-9(6-11(16)8-10)7-14(18)12-3-1-2-4-13(12)17/h1-6,8,14,18H,7,17H2. The summed E-state index contributed by atoms with van der Waals surface area (Å²) in [7, 11) is 0. The molecule has 0 heterocycles. The van der Waals surface area contributed by atoms with Gasteiger partial charge in [0.05, 0.1) is 6.10 Å². The van der Waals surface area contributed by atoms with Crippen LogP contribution in [-0.2, 0) is 6.42 Å². The van der Waals surface area contributed by atoms with Crippen LogP contribution in [0.4, 0.5) is 10.1 Å². The lowest BCUT2D eigenvalue weighted by Crippen LogP contribution is -2.05. The van der Waals surface area contributed by atoms with Gasteiger partial charge in [0.1, 0.15) is 5.82 Å². The Morgan fingerprint density at radius 1 is 1.22 bits per heavy atom. The van der Waals surface area contributed by atoms with Crippen molar-refractivity contribution >= 4 is 21.6 Å². The number of nitrogens with two attached hydrogens (primary N) is 1. The molecule has 2 nitrogen and oxygen atoms in total. The van der Waals surface area contributed by atoms with Gasteiger partial charge in [0.15, 0.2) is 0 Å². The molecule has 0 spiro atoms. The van der Waals surface area contributed by atoms with Crippen LogP contribution in [0.2, 0.25) is 0 Å². The van der Waals surface area contributed by atoms with Gasteiger partial charge in [-0.25, -0.2) is 4.39 Å². The third-order valence-corrected chi connectivity index (χ3v) is 3.16. The highest BCUT2D eigenvalue weighted by Gasteiger charge is 2.12. The Morgan fingerprint density at radius 2 is 1.94 bits per heavy atom. The van der Waals surface area contributed by atoms with E-state index in [1.54, 1.807) is 18.2 Å². The predicted molar refractivity (Wildman–Crippen MR) is 73.6 cm³/mol. The Balaban J connectivity index is 2.21. The minimum Gasteiger partial charge on any atom is -0.398 e. The van der Waals surface area contributed by atoms with Crippen LogP contribution in [0.15, 0.2) is 46.9 Å². The highest BCUT2D eigenvalue weighted by molar-refractivity contribution is 9.10. The third kappa shape index (κ3) is 3.09. The number of rotatable bonds is 3. The fraction of sp³-hybridized carbons (Fsp3) is 0.143. The van der Waals surface area contributed by atoms with E-state index in [-0.39, 0.29) is 5.82 Å². The number of hydrogen-bond acceptors (Lipinski definition) is 2. The average Bonchev–Trinajstić information content (AvgIpc) is 2.27. The van der Waals surface area contributed by atoms with Crippen LogP contribution in [0.1, 0.15) is 17.2 Å². The monoisotopic (exact) mass is 309 g/mol. The van der Waals surface area contributed by atoms with Gasteiger partial charge in [0.25, 0.3) is 0 Å². The van der Waals surface area contributed by atoms with Gasteiger partial charge in [-0.15, -0.1) is 0 Å². The molecular formula is C14H13BrFNO. The lowest BCUT2D eigenvalue weighted by molar-refractivity contribution is 0.179. The Hall–Kier alpha value is -1.39. The van der Waals surface area contributed by atoms with E-state index in [1.807, 2.05) is 12.1 Å². The lowest BCUT2D eigenvalue weighted by Gasteiger charge is -2.13. The van der Waals surface area contributed by atoms with Crippen LogP contribution in [0.5, 0.6) is 0 Å². The first-order valence-electron chi connectivity index (χ1n) is 5.53. The summed E-state index contributed by atoms with van der Waals surface area (Å²) in [5, 5.41) is 10.1. The number of aliphatic hydroxyl groups excluding tert-OH is 1. The van der Waals surface area contributed by atoms with Crippen molar-refractivity contribution in [2.45, 2.75) is 12.5 Å². The van der Waals surface area contributed by atoms with Crippen LogP contribution >= 0.6 is 15.9 Å². The fourth-order valence-electron chi connectivity index (χ4n) is 1.88. The van der Waals surface area contributed by atoms with E-state index in [1.165, 1.54) is 12.1 Å². The molecule has 1 unspecified atom stereocenters. The van der Waals surface area contributed by atoms with E-state index in [0.717, 1.165) is 5.56 Å². The third-order valence-electron chi connectivity index (χ3n) is 2.71. The molecule has 0 aliphatic heterocycles. The van der Waals surface area contributed by atoms with Crippen molar-refractivity contribution in [1.29, 1.82) is 0 Å². The normalized spacial score (nSPS) is 12.4. The Bertz CT molecular complexity index is 539. The molecular weight excluding hydrogens is 297 g/mol.